The van der Waals surface area contributed by atoms with Crippen molar-refractivity contribution in [3.8, 4) is 0 Å². The summed E-state index contributed by atoms with van der Waals surface area (Å²) in [5.41, 5.74) is 0.575. The van der Waals surface area contributed by atoms with Gasteiger partial charge in [0.2, 0.25) is 0 Å². The lowest BCUT2D eigenvalue weighted by Crippen LogP contribution is -2.32. The number of amides is 1. The fraction of sp³-hybridized carbons (Fsp3) is 0.316. The number of rotatable bonds is 6. The molecule has 1 amide bonds. The van der Waals surface area contributed by atoms with Gasteiger partial charge in [-0.2, -0.15) is 0 Å². The topological polar surface area (TPSA) is 75.7 Å². The maximum absolute atomic E-state index is 13.1. The number of sulfonamides is 1. The van der Waals surface area contributed by atoms with Crippen LogP contribution in [-0.4, -0.2) is 40.6 Å². The molecule has 0 aromatic heterocycles. The Morgan fingerprint density at radius 3 is 2.67 bits per heavy atom. The number of carbonyl (C=O) groups excluding carboxylic acids is 1. The largest absolute Gasteiger partial charge is 0.376 e. The molecule has 0 spiro atoms. The van der Waals surface area contributed by atoms with Gasteiger partial charge in [0.25, 0.3) is 15.9 Å². The van der Waals surface area contributed by atoms with Crippen LogP contribution in [0.3, 0.4) is 0 Å². The Kier molecular flexibility index (Phi) is 5.76. The van der Waals surface area contributed by atoms with Crippen LogP contribution < -0.4 is 9.62 Å². The van der Waals surface area contributed by atoms with Crippen molar-refractivity contribution in [2.45, 2.75) is 23.8 Å². The highest BCUT2D eigenvalue weighted by atomic mass is 32.2. The van der Waals surface area contributed by atoms with Crippen molar-refractivity contribution in [1.29, 1.82) is 0 Å². The SMILES string of the molecule is CN(c1ccc(F)cc1)S(=O)(=O)c1cccc(C(=O)NC[C@H]2CCCO2)c1. The van der Waals surface area contributed by atoms with Crippen LogP contribution in [0.15, 0.2) is 53.4 Å². The lowest BCUT2D eigenvalue weighted by atomic mass is 10.2. The predicted molar refractivity (Wildman–Crippen MR) is 99.7 cm³/mol. The lowest BCUT2D eigenvalue weighted by molar-refractivity contribution is 0.0857. The van der Waals surface area contributed by atoms with Crippen molar-refractivity contribution in [3.63, 3.8) is 0 Å². The van der Waals surface area contributed by atoms with E-state index in [0.29, 0.717) is 18.8 Å². The third-order valence-corrected chi connectivity index (χ3v) is 6.24. The normalized spacial score (nSPS) is 16.9. The Morgan fingerprint density at radius 2 is 2.00 bits per heavy atom. The van der Waals surface area contributed by atoms with Crippen molar-refractivity contribution < 1.29 is 22.3 Å². The van der Waals surface area contributed by atoms with Gasteiger partial charge in [-0.05, 0) is 55.3 Å². The Hall–Kier alpha value is -2.45. The van der Waals surface area contributed by atoms with Crippen LogP contribution in [0.25, 0.3) is 0 Å². The highest BCUT2D eigenvalue weighted by Crippen LogP contribution is 2.23. The van der Waals surface area contributed by atoms with Crippen LogP contribution in [0.1, 0.15) is 23.2 Å². The van der Waals surface area contributed by atoms with Gasteiger partial charge in [0.05, 0.1) is 16.7 Å². The Labute approximate surface area is 158 Å². The van der Waals surface area contributed by atoms with E-state index in [1.807, 2.05) is 0 Å². The van der Waals surface area contributed by atoms with Crippen LogP contribution in [0.2, 0.25) is 0 Å². The van der Waals surface area contributed by atoms with Crippen LogP contribution >= 0.6 is 0 Å². The summed E-state index contributed by atoms with van der Waals surface area (Å²) in [6, 6.07) is 11.0. The summed E-state index contributed by atoms with van der Waals surface area (Å²) in [7, 11) is -2.50. The first-order valence-corrected chi connectivity index (χ1v) is 10.1. The minimum Gasteiger partial charge on any atom is -0.376 e. The fourth-order valence-electron chi connectivity index (χ4n) is 2.86. The smallest absolute Gasteiger partial charge is 0.264 e. The Bertz CT molecular complexity index is 910. The zero-order valence-electron chi connectivity index (χ0n) is 14.9. The fourth-order valence-corrected chi connectivity index (χ4v) is 4.10. The highest BCUT2D eigenvalue weighted by Gasteiger charge is 2.23. The van der Waals surface area contributed by atoms with E-state index in [1.54, 1.807) is 6.07 Å². The van der Waals surface area contributed by atoms with Gasteiger partial charge in [0.1, 0.15) is 5.82 Å². The molecule has 8 heteroatoms. The molecule has 1 fully saturated rings. The van der Waals surface area contributed by atoms with Crippen LogP contribution in [0.5, 0.6) is 0 Å². The molecule has 3 rings (SSSR count). The van der Waals surface area contributed by atoms with Crippen molar-refractivity contribution in [2.75, 3.05) is 24.5 Å². The van der Waals surface area contributed by atoms with Gasteiger partial charge in [-0.15, -0.1) is 0 Å². The summed E-state index contributed by atoms with van der Waals surface area (Å²) in [4.78, 5) is 12.3. The number of nitrogens with one attached hydrogen (secondary N) is 1. The van der Waals surface area contributed by atoms with Gasteiger partial charge in [-0.1, -0.05) is 6.07 Å². The van der Waals surface area contributed by atoms with Gasteiger partial charge in [0.15, 0.2) is 0 Å². The number of nitrogens with zero attached hydrogens (tertiary/aromatic N) is 1. The number of anilines is 1. The van der Waals surface area contributed by atoms with E-state index in [1.165, 1.54) is 49.5 Å². The number of hydrogen-bond donors (Lipinski definition) is 1. The van der Waals surface area contributed by atoms with Crippen LogP contribution in [0, 0.1) is 5.82 Å². The number of hydrogen-bond acceptors (Lipinski definition) is 4. The molecule has 1 aliphatic heterocycles. The standard InChI is InChI=1S/C19H21FN2O4S/c1-22(16-9-7-15(20)8-10-16)27(24,25)18-6-2-4-14(12-18)19(23)21-13-17-5-3-11-26-17/h2,4,6-10,12,17H,3,5,11,13H2,1H3,(H,21,23)/t17-/m1/s1. The predicted octanol–water partition coefficient (Wildman–Crippen LogP) is 2.56. The minimum absolute atomic E-state index is 0.00507. The third kappa shape index (κ3) is 4.45. The molecule has 1 atom stereocenters. The molecule has 0 unspecified atom stereocenters. The van der Waals surface area contributed by atoms with Crippen molar-refractivity contribution >= 4 is 21.6 Å². The van der Waals surface area contributed by atoms with E-state index in [2.05, 4.69) is 5.32 Å². The van der Waals surface area contributed by atoms with E-state index in [-0.39, 0.29) is 22.5 Å². The van der Waals surface area contributed by atoms with Crippen molar-refractivity contribution in [3.05, 3.63) is 59.9 Å². The molecule has 0 radical (unpaired) electrons. The van der Waals surface area contributed by atoms with Crippen LogP contribution in [-0.2, 0) is 14.8 Å². The summed E-state index contributed by atoms with van der Waals surface area (Å²) in [5.74, 6) is -0.804. The zero-order chi connectivity index (χ0) is 19.4. The monoisotopic (exact) mass is 392 g/mol. The molecular weight excluding hydrogens is 371 g/mol. The number of carbonyl (C=O) groups is 1. The summed E-state index contributed by atoms with van der Waals surface area (Å²) >= 11 is 0. The molecule has 1 N–H and O–H groups in total. The van der Waals surface area contributed by atoms with Gasteiger partial charge in [-0.25, -0.2) is 12.8 Å². The number of halogens is 1. The second-order valence-electron chi connectivity index (χ2n) is 6.32. The van der Waals surface area contributed by atoms with Crippen LogP contribution in [0.4, 0.5) is 10.1 Å². The molecule has 144 valence electrons. The van der Waals surface area contributed by atoms with Gasteiger partial charge in [0, 0.05) is 25.8 Å². The maximum Gasteiger partial charge on any atom is 0.264 e. The van der Waals surface area contributed by atoms with E-state index in [0.717, 1.165) is 17.1 Å². The lowest BCUT2D eigenvalue weighted by Gasteiger charge is -2.20. The second kappa shape index (κ2) is 8.06. The van der Waals surface area contributed by atoms with Crippen molar-refractivity contribution in [1.82, 2.24) is 5.32 Å². The molecule has 1 saturated heterocycles. The average Bonchev–Trinajstić information content (AvgIpc) is 3.20. The molecule has 0 aliphatic carbocycles. The Balaban J connectivity index is 1.76. The minimum atomic E-state index is -3.89. The molecule has 6 nitrogen and oxygen atoms in total. The van der Waals surface area contributed by atoms with Gasteiger partial charge < -0.3 is 10.1 Å². The highest BCUT2D eigenvalue weighted by molar-refractivity contribution is 7.92. The quantitative estimate of drug-likeness (QED) is 0.820. The zero-order valence-corrected chi connectivity index (χ0v) is 15.7. The maximum atomic E-state index is 13.1. The number of benzene rings is 2. The summed E-state index contributed by atoms with van der Waals surface area (Å²) < 4.78 is 45.3. The first-order chi connectivity index (χ1) is 12.9. The average molecular weight is 392 g/mol. The second-order valence-corrected chi connectivity index (χ2v) is 8.29. The summed E-state index contributed by atoms with van der Waals surface area (Å²) in [6.07, 6.45) is 1.88. The number of ether oxygens (including phenoxy) is 1. The van der Waals surface area contributed by atoms with Gasteiger partial charge in [-0.3, -0.25) is 9.10 Å². The van der Waals surface area contributed by atoms with E-state index in [9.17, 15) is 17.6 Å². The molecule has 2 aromatic rings. The van der Waals surface area contributed by atoms with Gasteiger partial charge >= 0.3 is 0 Å². The van der Waals surface area contributed by atoms with E-state index in [4.69, 9.17) is 4.74 Å². The molecule has 0 saturated carbocycles. The first-order valence-electron chi connectivity index (χ1n) is 8.62. The van der Waals surface area contributed by atoms with Crippen molar-refractivity contribution in [2.24, 2.45) is 0 Å². The molecular formula is C19H21FN2O4S. The summed E-state index contributed by atoms with van der Waals surface area (Å²) in [5, 5.41) is 2.77. The van der Waals surface area contributed by atoms with E-state index < -0.39 is 15.8 Å². The third-order valence-electron chi connectivity index (χ3n) is 4.46. The molecule has 1 heterocycles. The van der Waals surface area contributed by atoms with E-state index >= 15 is 0 Å². The first kappa shape index (κ1) is 19.3. The molecule has 2 aromatic carbocycles. The molecule has 27 heavy (non-hydrogen) atoms. The molecule has 0 bridgehead atoms. The Morgan fingerprint density at radius 1 is 1.26 bits per heavy atom. The summed E-state index contributed by atoms with van der Waals surface area (Å²) in [6.45, 7) is 1.09. The molecule has 1 aliphatic rings.